The molecular weight excluding hydrogens is 242 g/mol. The minimum atomic E-state index is -0.450. The van der Waals surface area contributed by atoms with Crippen molar-refractivity contribution in [3.63, 3.8) is 0 Å². The molecule has 0 fully saturated rings. The fourth-order valence-corrected chi connectivity index (χ4v) is 2.21. The molecule has 0 aromatic heterocycles. The SMILES string of the molecule is CNCC(O)c1c(C)ccc(C)c1Br. The lowest BCUT2D eigenvalue weighted by Crippen LogP contribution is -2.18. The zero-order chi connectivity index (χ0) is 10.7. The van der Waals surface area contributed by atoms with Crippen molar-refractivity contribution < 1.29 is 5.11 Å². The summed E-state index contributed by atoms with van der Waals surface area (Å²) in [5, 5.41) is 12.9. The van der Waals surface area contributed by atoms with E-state index in [-0.39, 0.29) is 0 Å². The first-order valence-electron chi connectivity index (χ1n) is 4.66. The molecule has 1 aromatic carbocycles. The van der Waals surface area contributed by atoms with Gasteiger partial charge >= 0.3 is 0 Å². The summed E-state index contributed by atoms with van der Waals surface area (Å²) in [7, 11) is 1.84. The molecule has 0 amide bonds. The molecule has 0 saturated heterocycles. The number of halogens is 1. The Morgan fingerprint density at radius 1 is 1.36 bits per heavy atom. The highest BCUT2D eigenvalue weighted by atomic mass is 79.9. The molecule has 0 radical (unpaired) electrons. The number of likely N-dealkylation sites (N-methyl/N-ethyl adjacent to an activating group) is 1. The third-order valence-electron chi connectivity index (χ3n) is 2.32. The summed E-state index contributed by atoms with van der Waals surface area (Å²) in [6.45, 7) is 4.61. The van der Waals surface area contributed by atoms with Gasteiger partial charge in [-0.15, -0.1) is 0 Å². The van der Waals surface area contributed by atoms with Crippen LogP contribution >= 0.6 is 15.9 Å². The Kier molecular flexibility index (Phi) is 4.11. The van der Waals surface area contributed by atoms with Crippen molar-refractivity contribution in [3.05, 3.63) is 33.3 Å². The molecule has 1 unspecified atom stereocenters. The minimum absolute atomic E-state index is 0.450. The third-order valence-corrected chi connectivity index (χ3v) is 3.37. The molecule has 2 N–H and O–H groups in total. The van der Waals surface area contributed by atoms with Crippen LogP contribution in [0.4, 0.5) is 0 Å². The number of aliphatic hydroxyl groups excluding tert-OH is 1. The van der Waals surface area contributed by atoms with Crippen molar-refractivity contribution in [1.82, 2.24) is 5.32 Å². The van der Waals surface area contributed by atoms with Crippen LogP contribution in [-0.4, -0.2) is 18.7 Å². The van der Waals surface area contributed by atoms with E-state index >= 15 is 0 Å². The van der Waals surface area contributed by atoms with Crippen LogP contribution in [0, 0.1) is 13.8 Å². The number of aliphatic hydroxyl groups is 1. The monoisotopic (exact) mass is 257 g/mol. The summed E-state index contributed by atoms with van der Waals surface area (Å²) >= 11 is 3.51. The van der Waals surface area contributed by atoms with E-state index in [0.717, 1.165) is 21.2 Å². The van der Waals surface area contributed by atoms with Crippen LogP contribution in [-0.2, 0) is 0 Å². The molecule has 78 valence electrons. The number of benzene rings is 1. The minimum Gasteiger partial charge on any atom is -0.387 e. The standard InChI is InChI=1S/C11H16BrNO/c1-7-4-5-8(2)11(12)10(7)9(14)6-13-3/h4-5,9,13-14H,6H2,1-3H3. The number of hydrogen-bond acceptors (Lipinski definition) is 2. The lowest BCUT2D eigenvalue weighted by atomic mass is 10.0. The van der Waals surface area contributed by atoms with E-state index in [2.05, 4.69) is 27.3 Å². The van der Waals surface area contributed by atoms with Gasteiger partial charge in [0.1, 0.15) is 0 Å². The van der Waals surface area contributed by atoms with Crippen molar-refractivity contribution in [2.45, 2.75) is 20.0 Å². The lowest BCUT2D eigenvalue weighted by Gasteiger charge is -2.16. The molecule has 3 heteroatoms. The van der Waals surface area contributed by atoms with E-state index in [1.54, 1.807) is 0 Å². The van der Waals surface area contributed by atoms with Crippen LogP contribution in [0.5, 0.6) is 0 Å². The van der Waals surface area contributed by atoms with Crippen LogP contribution in [0.1, 0.15) is 22.8 Å². The zero-order valence-electron chi connectivity index (χ0n) is 8.76. The van der Waals surface area contributed by atoms with Crippen LogP contribution in [0.25, 0.3) is 0 Å². The molecule has 2 nitrogen and oxygen atoms in total. The Hall–Kier alpha value is -0.380. The molecule has 14 heavy (non-hydrogen) atoms. The second kappa shape index (κ2) is 4.91. The van der Waals surface area contributed by atoms with E-state index in [9.17, 15) is 5.11 Å². The largest absolute Gasteiger partial charge is 0.387 e. The second-order valence-corrected chi connectivity index (χ2v) is 4.29. The van der Waals surface area contributed by atoms with Crippen LogP contribution in [0.2, 0.25) is 0 Å². The maximum Gasteiger partial charge on any atom is 0.0927 e. The van der Waals surface area contributed by atoms with Gasteiger partial charge in [-0.05, 0) is 37.6 Å². The van der Waals surface area contributed by atoms with E-state index in [1.807, 2.05) is 27.0 Å². The average molecular weight is 258 g/mol. The maximum absolute atomic E-state index is 9.91. The first kappa shape index (κ1) is 11.7. The van der Waals surface area contributed by atoms with Crippen LogP contribution in [0.3, 0.4) is 0 Å². The van der Waals surface area contributed by atoms with E-state index in [1.165, 1.54) is 0 Å². The van der Waals surface area contributed by atoms with Gasteiger partial charge in [-0.25, -0.2) is 0 Å². The highest BCUT2D eigenvalue weighted by Gasteiger charge is 2.14. The highest BCUT2D eigenvalue weighted by molar-refractivity contribution is 9.10. The Morgan fingerprint density at radius 2 is 1.93 bits per heavy atom. The number of hydrogen-bond donors (Lipinski definition) is 2. The number of rotatable bonds is 3. The molecule has 0 bridgehead atoms. The predicted octanol–water partition coefficient (Wildman–Crippen LogP) is 2.32. The topological polar surface area (TPSA) is 32.3 Å². The first-order chi connectivity index (χ1) is 6.57. The molecule has 1 atom stereocenters. The van der Waals surface area contributed by atoms with Gasteiger partial charge < -0.3 is 10.4 Å². The van der Waals surface area contributed by atoms with Gasteiger partial charge in [0, 0.05) is 11.0 Å². The summed E-state index contributed by atoms with van der Waals surface area (Å²) < 4.78 is 1.01. The van der Waals surface area contributed by atoms with Crippen LogP contribution in [0.15, 0.2) is 16.6 Å². The summed E-state index contributed by atoms with van der Waals surface area (Å²) in [5.74, 6) is 0. The smallest absolute Gasteiger partial charge is 0.0927 e. The van der Waals surface area contributed by atoms with E-state index in [4.69, 9.17) is 0 Å². The van der Waals surface area contributed by atoms with Gasteiger partial charge in [-0.1, -0.05) is 28.1 Å². The molecule has 0 aliphatic carbocycles. The summed E-state index contributed by atoms with van der Waals surface area (Å²) in [5.41, 5.74) is 3.25. The quantitative estimate of drug-likeness (QED) is 0.872. The molecule has 0 spiro atoms. The molecule has 0 aliphatic rings. The Morgan fingerprint density at radius 3 is 2.50 bits per heavy atom. The molecule has 0 saturated carbocycles. The summed E-state index contributed by atoms with van der Waals surface area (Å²) in [6.07, 6.45) is -0.450. The predicted molar refractivity (Wildman–Crippen MR) is 62.5 cm³/mol. The maximum atomic E-state index is 9.91. The number of aryl methyl sites for hydroxylation is 2. The summed E-state index contributed by atoms with van der Waals surface area (Å²) in [4.78, 5) is 0. The fourth-order valence-electron chi connectivity index (χ4n) is 1.50. The second-order valence-electron chi connectivity index (χ2n) is 3.50. The van der Waals surface area contributed by atoms with Gasteiger partial charge in [0.2, 0.25) is 0 Å². The van der Waals surface area contributed by atoms with Gasteiger partial charge in [0.25, 0.3) is 0 Å². The van der Waals surface area contributed by atoms with Gasteiger partial charge in [-0.3, -0.25) is 0 Å². The first-order valence-corrected chi connectivity index (χ1v) is 5.45. The lowest BCUT2D eigenvalue weighted by molar-refractivity contribution is 0.176. The van der Waals surface area contributed by atoms with E-state index < -0.39 is 6.10 Å². The van der Waals surface area contributed by atoms with Crippen LogP contribution < -0.4 is 5.32 Å². The number of nitrogens with one attached hydrogen (secondary N) is 1. The molecule has 1 rings (SSSR count). The zero-order valence-corrected chi connectivity index (χ0v) is 10.4. The fraction of sp³-hybridized carbons (Fsp3) is 0.455. The van der Waals surface area contributed by atoms with Crippen molar-refractivity contribution in [2.75, 3.05) is 13.6 Å². The van der Waals surface area contributed by atoms with Gasteiger partial charge in [0.15, 0.2) is 0 Å². The Labute approximate surface area is 93.5 Å². The molecular formula is C11H16BrNO. The van der Waals surface area contributed by atoms with Crippen molar-refractivity contribution in [3.8, 4) is 0 Å². The molecule has 1 aromatic rings. The average Bonchev–Trinajstić information content (AvgIpc) is 2.13. The Bertz CT molecular complexity index is 325. The summed E-state index contributed by atoms with van der Waals surface area (Å²) in [6, 6.07) is 4.09. The van der Waals surface area contributed by atoms with Crippen molar-refractivity contribution >= 4 is 15.9 Å². The van der Waals surface area contributed by atoms with E-state index in [0.29, 0.717) is 6.54 Å². The molecule has 0 aliphatic heterocycles. The van der Waals surface area contributed by atoms with Crippen molar-refractivity contribution in [2.24, 2.45) is 0 Å². The molecule has 0 heterocycles. The third kappa shape index (κ3) is 2.35. The van der Waals surface area contributed by atoms with Gasteiger partial charge in [0.05, 0.1) is 6.10 Å². The Balaban J connectivity index is 3.11. The highest BCUT2D eigenvalue weighted by Crippen LogP contribution is 2.29. The normalized spacial score (nSPS) is 12.9. The van der Waals surface area contributed by atoms with Crippen molar-refractivity contribution in [1.29, 1.82) is 0 Å². The van der Waals surface area contributed by atoms with Gasteiger partial charge in [-0.2, -0.15) is 0 Å².